The zero-order valence-electron chi connectivity index (χ0n) is 17.0. The molecule has 1 N–H and O–H groups in total. The van der Waals surface area contributed by atoms with E-state index >= 15 is 0 Å². The van der Waals surface area contributed by atoms with Crippen molar-refractivity contribution in [3.63, 3.8) is 0 Å². The molecular weight excluding hydrogens is 443 g/mol. The standard InChI is InChI=1S/C22H20ClFN2O4S/c1-14-8-10-16(31(28,29)26(2)20-6-4-5-7-21(20)30-3)13-17(14)22(27)25-19-11-9-15(24)12-18(19)23/h4-13H,1-3H3,(H,25,27). The van der Waals surface area contributed by atoms with E-state index in [2.05, 4.69) is 5.32 Å². The smallest absolute Gasteiger partial charge is 0.264 e. The molecular formula is C22H20ClFN2O4S. The molecule has 0 aliphatic carbocycles. The van der Waals surface area contributed by atoms with Crippen LogP contribution in [0.2, 0.25) is 5.02 Å². The van der Waals surface area contributed by atoms with Gasteiger partial charge in [0.15, 0.2) is 0 Å². The number of amides is 1. The highest BCUT2D eigenvalue weighted by Crippen LogP contribution is 2.31. The maximum Gasteiger partial charge on any atom is 0.264 e. The van der Waals surface area contributed by atoms with Gasteiger partial charge >= 0.3 is 0 Å². The number of rotatable bonds is 6. The average molecular weight is 463 g/mol. The van der Waals surface area contributed by atoms with Crippen molar-refractivity contribution in [1.29, 1.82) is 0 Å². The summed E-state index contributed by atoms with van der Waals surface area (Å²) in [6.45, 7) is 1.68. The first-order valence-electron chi connectivity index (χ1n) is 9.14. The van der Waals surface area contributed by atoms with Gasteiger partial charge in [-0.2, -0.15) is 0 Å². The van der Waals surface area contributed by atoms with Crippen molar-refractivity contribution in [2.24, 2.45) is 0 Å². The van der Waals surface area contributed by atoms with E-state index < -0.39 is 21.7 Å². The summed E-state index contributed by atoms with van der Waals surface area (Å²) in [5.41, 5.74) is 1.28. The summed E-state index contributed by atoms with van der Waals surface area (Å²) in [6.07, 6.45) is 0. The number of ether oxygens (including phenoxy) is 1. The molecule has 31 heavy (non-hydrogen) atoms. The summed E-state index contributed by atoms with van der Waals surface area (Å²) in [6, 6.07) is 14.6. The molecule has 6 nitrogen and oxygen atoms in total. The minimum absolute atomic E-state index is 0.0330. The Morgan fingerprint density at radius 2 is 1.81 bits per heavy atom. The Kier molecular flexibility index (Phi) is 6.52. The molecule has 1 amide bonds. The third-order valence-electron chi connectivity index (χ3n) is 4.72. The Morgan fingerprint density at radius 1 is 1.10 bits per heavy atom. The van der Waals surface area contributed by atoms with Gasteiger partial charge in [-0.1, -0.05) is 29.8 Å². The lowest BCUT2D eigenvalue weighted by Gasteiger charge is -2.22. The molecule has 3 aromatic rings. The van der Waals surface area contributed by atoms with Crippen LogP contribution in [0.1, 0.15) is 15.9 Å². The predicted molar refractivity (Wildman–Crippen MR) is 119 cm³/mol. The average Bonchev–Trinajstić information content (AvgIpc) is 2.75. The number of anilines is 2. The molecule has 0 atom stereocenters. The Morgan fingerprint density at radius 3 is 2.48 bits per heavy atom. The number of hydrogen-bond acceptors (Lipinski definition) is 4. The fraction of sp³-hybridized carbons (Fsp3) is 0.136. The summed E-state index contributed by atoms with van der Waals surface area (Å²) >= 11 is 5.97. The Hall–Kier alpha value is -3.10. The highest BCUT2D eigenvalue weighted by molar-refractivity contribution is 7.92. The molecule has 0 unspecified atom stereocenters. The van der Waals surface area contributed by atoms with Crippen molar-refractivity contribution in [3.05, 3.63) is 82.6 Å². The van der Waals surface area contributed by atoms with Crippen LogP contribution in [0, 0.1) is 12.7 Å². The third kappa shape index (κ3) is 4.65. The first-order valence-corrected chi connectivity index (χ1v) is 11.0. The number of nitrogens with zero attached hydrogens (tertiary/aromatic N) is 1. The van der Waals surface area contributed by atoms with E-state index in [-0.39, 0.29) is 21.2 Å². The van der Waals surface area contributed by atoms with Gasteiger partial charge in [-0.3, -0.25) is 9.10 Å². The minimum atomic E-state index is -3.99. The van der Waals surface area contributed by atoms with Crippen LogP contribution in [0.3, 0.4) is 0 Å². The number of carbonyl (C=O) groups excluding carboxylic acids is 1. The van der Waals surface area contributed by atoms with Crippen molar-refractivity contribution >= 4 is 38.9 Å². The largest absolute Gasteiger partial charge is 0.495 e. The first-order chi connectivity index (χ1) is 14.6. The van der Waals surface area contributed by atoms with Gasteiger partial charge in [-0.15, -0.1) is 0 Å². The molecule has 0 fully saturated rings. The van der Waals surface area contributed by atoms with Crippen LogP contribution >= 0.6 is 11.6 Å². The van der Waals surface area contributed by atoms with Gasteiger partial charge < -0.3 is 10.1 Å². The number of sulfonamides is 1. The van der Waals surface area contributed by atoms with E-state index in [0.717, 1.165) is 16.4 Å². The number of halogens is 2. The SMILES string of the molecule is COc1ccccc1N(C)S(=O)(=O)c1ccc(C)c(C(=O)Nc2ccc(F)cc2Cl)c1. The van der Waals surface area contributed by atoms with Crippen LogP contribution in [0.5, 0.6) is 5.75 Å². The van der Waals surface area contributed by atoms with E-state index in [1.807, 2.05) is 0 Å². The second-order valence-electron chi connectivity index (χ2n) is 6.70. The van der Waals surface area contributed by atoms with Crippen LogP contribution in [0.25, 0.3) is 0 Å². The molecule has 0 aromatic heterocycles. The highest BCUT2D eigenvalue weighted by atomic mass is 35.5. The number of nitrogens with one attached hydrogen (secondary N) is 1. The Labute approximate surface area is 185 Å². The molecule has 0 radical (unpaired) electrons. The summed E-state index contributed by atoms with van der Waals surface area (Å²) in [4.78, 5) is 12.7. The Balaban J connectivity index is 1.96. The molecule has 0 bridgehead atoms. The number of methoxy groups -OCH3 is 1. The molecule has 0 aliphatic heterocycles. The number of para-hydroxylation sites is 2. The molecule has 0 saturated carbocycles. The summed E-state index contributed by atoms with van der Waals surface area (Å²) in [5, 5.41) is 2.62. The van der Waals surface area contributed by atoms with Crippen molar-refractivity contribution in [2.75, 3.05) is 23.8 Å². The highest BCUT2D eigenvalue weighted by Gasteiger charge is 2.25. The van der Waals surface area contributed by atoms with E-state index in [4.69, 9.17) is 16.3 Å². The van der Waals surface area contributed by atoms with Gasteiger partial charge in [0, 0.05) is 12.6 Å². The molecule has 0 aliphatic rings. The topological polar surface area (TPSA) is 75.7 Å². The van der Waals surface area contributed by atoms with Gasteiger partial charge in [0.2, 0.25) is 0 Å². The quantitative estimate of drug-likeness (QED) is 0.566. The van der Waals surface area contributed by atoms with Crippen molar-refractivity contribution < 1.29 is 22.3 Å². The van der Waals surface area contributed by atoms with Crippen molar-refractivity contribution in [1.82, 2.24) is 0 Å². The van der Waals surface area contributed by atoms with Crippen LogP contribution < -0.4 is 14.4 Å². The number of aryl methyl sites for hydroxylation is 1. The second-order valence-corrected chi connectivity index (χ2v) is 9.08. The fourth-order valence-electron chi connectivity index (χ4n) is 2.96. The number of benzene rings is 3. The maximum absolute atomic E-state index is 13.2. The van der Waals surface area contributed by atoms with E-state index in [1.165, 1.54) is 32.4 Å². The number of carbonyl (C=O) groups is 1. The monoisotopic (exact) mass is 462 g/mol. The Bertz CT molecular complexity index is 1250. The summed E-state index contributed by atoms with van der Waals surface area (Å²) < 4.78 is 46.0. The van der Waals surface area contributed by atoms with E-state index in [1.54, 1.807) is 37.3 Å². The second kappa shape index (κ2) is 8.95. The zero-order valence-corrected chi connectivity index (χ0v) is 18.6. The van der Waals surface area contributed by atoms with Crippen LogP contribution in [0.4, 0.5) is 15.8 Å². The van der Waals surface area contributed by atoms with Crippen molar-refractivity contribution in [2.45, 2.75) is 11.8 Å². The molecule has 3 aromatic carbocycles. The molecule has 0 heterocycles. The normalized spacial score (nSPS) is 11.1. The minimum Gasteiger partial charge on any atom is -0.495 e. The van der Waals surface area contributed by atoms with Gasteiger partial charge in [-0.25, -0.2) is 12.8 Å². The number of hydrogen-bond donors (Lipinski definition) is 1. The van der Waals surface area contributed by atoms with E-state index in [9.17, 15) is 17.6 Å². The first kappa shape index (κ1) is 22.6. The molecule has 0 saturated heterocycles. The van der Waals surface area contributed by atoms with E-state index in [0.29, 0.717) is 17.0 Å². The van der Waals surface area contributed by atoms with Gasteiger partial charge in [0.1, 0.15) is 11.6 Å². The van der Waals surface area contributed by atoms with Gasteiger partial charge in [-0.05, 0) is 55.0 Å². The zero-order chi connectivity index (χ0) is 22.8. The molecule has 0 spiro atoms. The van der Waals surface area contributed by atoms with Gasteiger partial charge in [0.05, 0.1) is 28.4 Å². The third-order valence-corrected chi connectivity index (χ3v) is 6.80. The molecule has 3 rings (SSSR count). The van der Waals surface area contributed by atoms with Crippen LogP contribution in [-0.2, 0) is 10.0 Å². The maximum atomic E-state index is 13.2. The van der Waals surface area contributed by atoms with Gasteiger partial charge in [0.25, 0.3) is 15.9 Å². The fourth-order valence-corrected chi connectivity index (χ4v) is 4.41. The molecule has 162 valence electrons. The van der Waals surface area contributed by atoms with Crippen LogP contribution in [-0.4, -0.2) is 28.5 Å². The van der Waals surface area contributed by atoms with Crippen molar-refractivity contribution in [3.8, 4) is 5.75 Å². The summed E-state index contributed by atoms with van der Waals surface area (Å²) in [5.74, 6) is -0.709. The lowest BCUT2D eigenvalue weighted by atomic mass is 10.1. The lowest BCUT2D eigenvalue weighted by Crippen LogP contribution is -2.27. The summed E-state index contributed by atoms with van der Waals surface area (Å²) in [7, 11) is -1.13. The predicted octanol–water partition coefficient (Wildman–Crippen LogP) is 4.87. The lowest BCUT2D eigenvalue weighted by molar-refractivity contribution is 0.102. The van der Waals surface area contributed by atoms with Crippen LogP contribution in [0.15, 0.2) is 65.6 Å². The molecule has 9 heteroatoms.